The van der Waals surface area contributed by atoms with Gasteiger partial charge in [-0.05, 0) is 38.0 Å². The van der Waals surface area contributed by atoms with Crippen molar-refractivity contribution in [2.45, 2.75) is 58.2 Å². The van der Waals surface area contributed by atoms with Crippen LogP contribution in [0.2, 0.25) is 0 Å². The summed E-state index contributed by atoms with van der Waals surface area (Å²) in [6.07, 6.45) is 2.99. The fraction of sp³-hybridized carbons (Fsp3) is 0.933. The molecule has 0 aromatic rings. The van der Waals surface area contributed by atoms with Crippen molar-refractivity contribution >= 4 is 5.91 Å². The third-order valence-corrected chi connectivity index (χ3v) is 5.19. The zero-order valence-corrected chi connectivity index (χ0v) is 12.6. The van der Waals surface area contributed by atoms with E-state index in [1.165, 1.54) is 0 Å². The first-order chi connectivity index (χ1) is 8.91. The second-order valence-electron chi connectivity index (χ2n) is 6.58. The summed E-state index contributed by atoms with van der Waals surface area (Å²) in [6, 6.07) is 0.395. The van der Waals surface area contributed by atoms with E-state index in [4.69, 9.17) is 10.5 Å². The first-order valence-corrected chi connectivity index (χ1v) is 7.55. The molecule has 6 unspecified atom stereocenters. The average molecular weight is 268 g/mol. The van der Waals surface area contributed by atoms with Crippen LogP contribution in [0.4, 0.5) is 0 Å². The smallest absolute Gasteiger partial charge is 0.226 e. The van der Waals surface area contributed by atoms with E-state index in [0.717, 1.165) is 25.9 Å². The van der Waals surface area contributed by atoms with Crippen LogP contribution in [-0.2, 0) is 9.53 Å². The van der Waals surface area contributed by atoms with Gasteiger partial charge in [-0.2, -0.15) is 0 Å². The fourth-order valence-electron chi connectivity index (χ4n) is 3.68. The zero-order chi connectivity index (χ0) is 14.2. The van der Waals surface area contributed by atoms with Crippen molar-refractivity contribution in [1.29, 1.82) is 0 Å². The molecule has 6 atom stereocenters. The quantitative estimate of drug-likeness (QED) is 0.828. The molecule has 2 N–H and O–H groups in total. The third-order valence-electron chi connectivity index (χ3n) is 5.19. The molecule has 0 bridgehead atoms. The highest BCUT2D eigenvalue weighted by atomic mass is 16.5. The van der Waals surface area contributed by atoms with Crippen LogP contribution in [0.3, 0.4) is 0 Å². The first-order valence-electron chi connectivity index (χ1n) is 7.55. The predicted octanol–water partition coefficient (Wildman–Crippen LogP) is 1.63. The minimum absolute atomic E-state index is 0.0870. The maximum Gasteiger partial charge on any atom is 0.226 e. The number of amides is 1. The van der Waals surface area contributed by atoms with Gasteiger partial charge in [0.2, 0.25) is 5.91 Å². The molecular weight excluding hydrogens is 240 g/mol. The molecule has 2 aliphatic rings. The maximum absolute atomic E-state index is 12.7. The molecule has 4 heteroatoms. The van der Waals surface area contributed by atoms with Gasteiger partial charge in [-0.3, -0.25) is 4.79 Å². The summed E-state index contributed by atoms with van der Waals surface area (Å²) in [7, 11) is 1.93. The number of likely N-dealkylation sites (N-methyl/N-ethyl adjacent to an activating group) is 1. The van der Waals surface area contributed by atoms with Gasteiger partial charge >= 0.3 is 0 Å². The van der Waals surface area contributed by atoms with Gasteiger partial charge in [0.25, 0.3) is 0 Å². The van der Waals surface area contributed by atoms with Crippen molar-refractivity contribution in [1.82, 2.24) is 4.90 Å². The largest absolute Gasteiger partial charge is 0.376 e. The molecule has 1 heterocycles. The van der Waals surface area contributed by atoms with Crippen molar-refractivity contribution in [2.24, 2.45) is 23.5 Å². The van der Waals surface area contributed by atoms with Crippen molar-refractivity contribution < 1.29 is 9.53 Å². The van der Waals surface area contributed by atoms with Crippen molar-refractivity contribution in [3.8, 4) is 0 Å². The Bertz CT molecular complexity index is 334. The number of carbonyl (C=O) groups is 1. The summed E-state index contributed by atoms with van der Waals surface area (Å²) in [6.45, 7) is 7.20. The van der Waals surface area contributed by atoms with Crippen LogP contribution < -0.4 is 5.73 Å². The van der Waals surface area contributed by atoms with E-state index in [-0.39, 0.29) is 30.0 Å². The van der Waals surface area contributed by atoms with Gasteiger partial charge in [0.05, 0.1) is 12.1 Å². The lowest BCUT2D eigenvalue weighted by molar-refractivity contribution is -0.140. The number of hydrogen-bond donors (Lipinski definition) is 1. The van der Waals surface area contributed by atoms with Gasteiger partial charge in [-0.1, -0.05) is 13.8 Å². The normalized spacial score (nSPS) is 43.2. The molecule has 0 spiro atoms. The Labute approximate surface area is 116 Å². The van der Waals surface area contributed by atoms with Crippen LogP contribution in [0.1, 0.15) is 40.0 Å². The topological polar surface area (TPSA) is 55.6 Å². The van der Waals surface area contributed by atoms with E-state index in [2.05, 4.69) is 20.8 Å². The van der Waals surface area contributed by atoms with Crippen LogP contribution in [0.5, 0.6) is 0 Å². The summed E-state index contributed by atoms with van der Waals surface area (Å²) in [4.78, 5) is 14.6. The summed E-state index contributed by atoms with van der Waals surface area (Å²) in [5.41, 5.74) is 6.15. The van der Waals surface area contributed by atoms with Crippen molar-refractivity contribution in [3.05, 3.63) is 0 Å². The molecule has 1 saturated carbocycles. The summed E-state index contributed by atoms with van der Waals surface area (Å²) < 4.78 is 5.57. The SMILES string of the molecule is CC1CC(C)C(C(=O)N(C)C2CCOC2C)CC1N. The highest BCUT2D eigenvalue weighted by molar-refractivity contribution is 5.79. The molecule has 1 aliphatic carbocycles. The number of carbonyl (C=O) groups excluding carboxylic acids is 1. The lowest BCUT2D eigenvalue weighted by Gasteiger charge is -2.39. The molecular formula is C15H28N2O2. The highest BCUT2D eigenvalue weighted by Gasteiger charge is 2.39. The molecule has 19 heavy (non-hydrogen) atoms. The maximum atomic E-state index is 12.7. The lowest BCUT2D eigenvalue weighted by atomic mass is 9.72. The summed E-state index contributed by atoms with van der Waals surface area (Å²) in [5.74, 6) is 1.31. The first kappa shape index (κ1) is 14.8. The Morgan fingerprint density at radius 3 is 2.47 bits per heavy atom. The molecule has 4 nitrogen and oxygen atoms in total. The molecule has 110 valence electrons. The van der Waals surface area contributed by atoms with Crippen LogP contribution >= 0.6 is 0 Å². The van der Waals surface area contributed by atoms with Gasteiger partial charge in [0.1, 0.15) is 0 Å². The Kier molecular flexibility index (Phi) is 4.51. The highest BCUT2D eigenvalue weighted by Crippen LogP contribution is 2.34. The second kappa shape index (κ2) is 5.80. The summed E-state index contributed by atoms with van der Waals surface area (Å²) >= 11 is 0. The molecule has 0 radical (unpaired) electrons. The predicted molar refractivity (Wildman–Crippen MR) is 75.6 cm³/mol. The molecule has 0 aromatic carbocycles. The summed E-state index contributed by atoms with van der Waals surface area (Å²) in [5, 5.41) is 0. The molecule has 2 rings (SSSR count). The second-order valence-corrected chi connectivity index (χ2v) is 6.58. The number of hydrogen-bond acceptors (Lipinski definition) is 3. The van der Waals surface area contributed by atoms with E-state index in [0.29, 0.717) is 11.8 Å². The van der Waals surface area contributed by atoms with Crippen LogP contribution in [0.25, 0.3) is 0 Å². The molecule has 0 aromatic heterocycles. The Morgan fingerprint density at radius 1 is 1.21 bits per heavy atom. The number of ether oxygens (including phenoxy) is 1. The molecule has 1 saturated heterocycles. The Balaban J connectivity index is 2.02. The van der Waals surface area contributed by atoms with Gasteiger partial charge in [-0.25, -0.2) is 0 Å². The minimum atomic E-state index is 0.0870. The molecule has 2 fully saturated rings. The Hall–Kier alpha value is -0.610. The van der Waals surface area contributed by atoms with Crippen molar-refractivity contribution in [2.75, 3.05) is 13.7 Å². The van der Waals surface area contributed by atoms with E-state index in [9.17, 15) is 4.79 Å². The third kappa shape index (κ3) is 2.95. The van der Waals surface area contributed by atoms with Gasteiger partial charge in [0, 0.05) is 25.6 Å². The standard InChI is InChI=1S/C15H28N2O2/c1-9-7-10(2)13(16)8-12(9)15(18)17(4)14-5-6-19-11(14)3/h9-14H,5-8,16H2,1-4H3. The van der Waals surface area contributed by atoms with Gasteiger partial charge in [0.15, 0.2) is 0 Å². The van der Waals surface area contributed by atoms with E-state index in [1.807, 2.05) is 11.9 Å². The van der Waals surface area contributed by atoms with Crippen LogP contribution in [0.15, 0.2) is 0 Å². The van der Waals surface area contributed by atoms with E-state index < -0.39 is 0 Å². The van der Waals surface area contributed by atoms with Crippen LogP contribution in [0, 0.1) is 17.8 Å². The number of nitrogens with zero attached hydrogens (tertiary/aromatic N) is 1. The average Bonchev–Trinajstić information content (AvgIpc) is 2.78. The lowest BCUT2D eigenvalue weighted by Crippen LogP contribution is -2.49. The van der Waals surface area contributed by atoms with Gasteiger partial charge in [-0.15, -0.1) is 0 Å². The van der Waals surface area contributed by atoms with E-state index >= 15 is 0 Å². The number of nitrogens with two attached hydrogens (primary N) is 1. The zero-order valence-electron chi connectivity index (χ0n) is 12.6. The monoisotopic (exact) mass is 268 g/mol. The molecule has 1 aliphatic heterocycles. The minimum Gasteiger partial charge on any atom is -0.376 e. The number of rotatable bonds is 2. The van der Waals surface area contributed by atoms with Crippen molar-refractivity contribution in [3.63, 3.8) is 0 Å². The van der Waals surface area contributed by atoms with Gasteiger partial charge < -0.3 is 15.4 Å². The Morgan fingerprint density at radius 2 is 1.89 bits per heavy atom. The molecule has 1 amide bonds. The van der Waals surface area contributed by atoms with E-state index in [1.54, 1.807) is 0 Å². The van der Waals surface area contributed by atoms with Crippen LogP contribution in [-0.4, -0.2) is 42.6 Å². The fourth-order valence-corrected chi connectivity index (χ4v) is 3.68.